The van der Waals surface area contributed by atoms with Gasteiger partial charge in [0.05, 0.1) is 5.52 Å². The molecule has 9 heteroatoms. The quantitative estimate of drug-likeness (QED) is 0.773. The summed E-state index contributed by atoms with van der Waals surface area (Å²) in [7, 11) is 0. The highest BCUT2D eigenvalue weighted by Crippen LogP contribution is 2.11. The van der Waals surface area contributed by atoms with Crippen LogP contribution in [0.2, 0.25) is 0 Å². The van der Waals surface area contributed by atoms with Crippen LogP contribution < -0.4 is 16.6 Å². The van der Waals surface area contributed by atoms with Crippen LogP contribution in [0.15, 0.2) is 39.2 Å². The van der Waals surface area contributed by atoms with E-state index in [2.05, 4.69) is 9.69 Å². The molecule has 3 aromatic rings. The summed E-state index contributed by atoms with van der Waals surface area (Å²) in [6, 6.07) is 5.45. The fourth-order valence-corrected chi connectivity index (χ4v) is 3.05. The Morgan fingerprint density at radius 1 is 1.33 bits per heavy atom. The molecule has 1 N–H and O–H groups in total. The number of nitrogens with zero attached hydrogens (tertiary/aromatic N) is 3. The number of anilines is 1. The third kappa shape index (κ3) is 2.85. The number of fused-ring (bicyclic) bond motifs is 1. The van der Waals surface area contributed by atoms with Gasteiger partial charge in [-0.1, -0.05) is 6.07 Å². The molecule has 0 saturated heterocycles. The second-order valence-electron chi connectivity index (χ2n) is 5.03. The lowest BCUT2D eigenvalue weighted by Crippen LogP contribution is -2.41. The average Bonchev–Trinajstić information content (AvgIpc) is 3.02. The second kappa shape index (κ2) is 6.36. The first-order chi connectivity index (χ1) is 11.5. The largest absolute Gasteiger partial charge is 0.332 e. The van der Waals surface area contributed by atoms with Crippen LogP contribution in [0.4, 0.5) is 10.1 Å². The summed E-state index contributed by atoms with van der Waals surface area (Å²) in [6.45, 7) is 1.54. The Labute approximate surface area is 139 Å². The molecule has 3 rings (SSSR count). The molecule has 2 heterocycles. The van der Waals surface area contributed by atoms with E-state index in [1.165, 1.54) is 22.8 Å². The Hall–Kier alpha value is -2.81. The van der Waals surface area contributed by atoms with E-state index in [0.29, 0.717) is 5.52 Å². The van der Waals surface area contributed by atoms with E-state index in [4.69, 9.17) is 0 Å². The van der Waals surface area contributed by atoms with Gasteiger partial charge >= 0.3 is 5.69 Å². The van der Waals surface area contributed by atoms with Gasteiger partial charge in [0, 0.05) is 17.6 Å². The van der Waals surface area contributed by atoms with E-state index in [9.17, 15) is 18.8 Å². The van der Waals surface area contributed by atoms with E-state index < -0.39 is 23.0 Å². The number of hydrogen-bond acceptors (Lipinski definition) is 5. The Morgan fingerprint density at radius 2 is 2.12 bits per heavy atom. The van der Waals surface area contributed by atoms with Crippen LogP contribution in [-0.2, 0) is 17.9 Å². The molecule has 0 aliphatic carbocycles. The third-order valence-corrected chi connectivity index (χ3v) is 4.09. The number of rotatable bonds is 4. The summed E-state index contributed by atoms with van der Waals surface area (Å²) >= 11 is 1.04. The van der Waals surface area contributed by atoms with Crippen molar-refractivity contribution in [2.75, 3.05) is 5.32 Å². The highest BCUT2D eigenvalue weighted by atomic mass is 32.1. The molecule has 7 nitrogen and oxygen atoms in total. The van der Waals surface area contributed by atoms with Crippen LogP contribution in [0.25, 0.3) is 11.0 Å². The van der Waals surface area contributed by atoms with Crippen LogP contribution >= 0.6 is 11.5 Å². The normalized spacial score (nSPS) is 10.9. The van der Waals surface area contributed by atoms with Gasteiger partial charge in [0.15, 0.2) is 5.52 Å². The molecule has 0 atom stereocenters. The number of nitrogens with one attached hydrogen (secondary N) is 1. The molecule has 24 heavy (non-hydrogen) atoms. The SMILES string of the molecule is CCn1c(=O)c2nscc2n(CC(=O)Nc2cccc(F)c2)c1=O. The van der Waals surface area contributed by atoms with E-state index >= 15 is 0 Å². The lowest BCUT2D eigenvalue weighted by atomic mass is 10.3. The van der Waals surface area contributed by atoms with Gasteiger partial charge in [0.1, 0.15) is 12.4 Å². The summed E-state index contributed by atoms with van der Waals surface area (Å²) in [6.07, 6.45) is 0. The van der Waals surface area contributed by atoms with Gasteiger partial charge in [-0.2, -0.15) is 4.37 Å². The maximum atomic E-state index is 13.2. The van der Waals surface area contributed by atoms with Crippen molar-refractivity contribution in [2.24, 2.45) is 0 Å². The number of halogens is 1. The highest BCUT2D eigenvalue weighted by molar-refractivity contribution is 7.04. The zero-order chi connectivity index (χ0) is 17.3. The summed E-state index contributed by atoms with van der Waals surface area (Å²) in [4.78, 5) is 36.8. The first kappa shape index (κ1) is 16.1. The summed E-state index contributed by atoms with van der Waals surface area (Å²) in [5, 5.41) is 4.07. The van der Waals surface area contributed by atoms with E-state index in [-0.39, 0.29) is 24.3 Å². The number of carbonyl (C=O) groups is 1. The molecule has 2 aromatic heterocycles. The summed E-state index contributed by atoms with van der Waals surface area (Å²) in [5.41, 5.74) is -0.296. The lowest BCUT2D eigenvalue weighted by molar-refractivity contribution is -0.116. The van der Waals surface area contributed by atoms with Crippen molar-refractivity contribution in [2.45, 2.75) is 20.0 Å². The van der Waals surface area contributed by atoms with Crippen molar-refractivity contribution in [3.63, 3.8) is 0 Å². The molecule has 0 unspecified atom stereocenters. The van der Waals surface area contributed by atoms with Crippen molar-refractivity contribution in [3.05, 3.63) is 56.3 Å². The molecule has 0 saturated carbocycles. The van der Waals surface area contributed by atoms with Gasteiger partial charge in [-0.15, -0.1) is 0 Å². The van der Waals surface area contributed by atoms with Gasteiger partial charge in [-0.05, 0) is 36.7 Å². The van der Waals surface area contributed by atoms with Crippen molar-refractivity contribution in [3.8, 4) is 0 Å². The summed E-state index contributed by atoms with van der Waals surface area (Å²) < 4.78 is 19.4. The second-order valence-corrected chi connectivity index (χ2v) is 5.65. The standard InChI is InChI=1S/C15H13FN4O3S/c1-2-19-14(22)13-11(8-24-18-13)20(15(19)23)7-12(21)17-10-5-3-4-9(16)6-10/h3-6,8H,2,7H2,1H3,(H,17,21). The number of aromatic nitrogens is 3. The molecule has 0 fully saturated rings. The zero-order valence-corrected chi connectivity index (χ0v) is 13.5. The molecule has 124 valence electrons. The van der Waals surface area contributed by atoms with Crippen LogP contribution in [0, 0.1) is 5.82 Å². The third-order valence-electron chi connectivity index (χ3n) is 3.48. The molecule has 1 amide bonds. The fraction of sp³-hybridized carbons (Fsp3) is 0.200. The van der Waals surface area contributed by atoms with Gasteiger partial charge < -0.3 is 5.32 Å². The molecule has 0 aliphatic heterocycles. The van der Waals surface area contributed by atoms with E-state index in [1.54, 1.807) is 18.4 Å². The van der Waals surface area contributed by atoms with Gasteiger partial charge in [0.2, 0.25) is 5.91 Å². The van der Waals surface area contributed by atoms with Gasteiger partial charge in [-0.3, -0.25) is 18.7 Å². The first-order valence-electron chi connectivity index (χ1n) is 7.14. The van der Waals surface area contributed by atoms with Crippen LogP contribution in [-0.4, -0.2) is 19.4 Å². The molecular weight excluding hydrogens is 335 g/mol. The molecule has 0 bridgehead atoms. The van der Waals surface area contributed by atoms with Crippen LogP contribution in [0.3, 0.4) is 0 Å². The maximum absolute atomic E-state index is 13.2. The van der Waals surface area contributed by atoms with Gasteiger partial charge in [0.25, 0.3) is 5.56 Å². The van der Waals surface area contributed by atoms with E-state index in [0.717, 1.165) is 16.1 Å². The lowest BCUT2D eigenvalue weighted by Gasteiger charge is -2.11. The van der Waals surface area contributed by atoms with E-state index in [1.807, 2.05) is 0 Å². The average molecular weight is 348 g/mol. The van der Waals surface area contributed by atoms with Crippen molar-refractivity contribution < 1.29 is 9.18 Å². The van der Waals surface area contributed by atoms with Crippen molar-refractivity contribution in [1.82, 2.24) is 13.5 Å². The number of benzene rings is 1. The van der Waals surface area contributed by atoms with Gasteiger partial charge in [-0.25, -0.2) is 9.18 Å². The zero-order valence-electron chi connectivity index (χ0n) is 12.7. The van der Waals surface area contributed by atoms with Crippen molar-refractivity contribution in [1.29, 1.82) is 0 Å². The molecule has 0 aliphatic rings. The predicted octanol–water partition coefficient (Wildman–Crippen LogP) is 1.42. The Bertz CT molecular complexity index is 1040. The van der Waals surface area contributed by atoms with Crippen molar-refractivity contribution >= 4 is 34.2 Å². The maximum Gasteiger partial charge on any atom is 0.332 e. The topological polar surface area (TPSA) is 86.0 Å². The monoisotopic (exact) mass is 348 g/mol. The summed E-state index contributed by atoms with van der Waals surface area (Å²) in [5.74, 6) is -0.981. The molecular formula is C15H13FN4O3S. The number of carbonyl (C=O) groups excluding carboxylic acids is 1. The Morgan fingerprint density at radius 3 is 2.83 bits per heavy atom. The number of hydrogen-bond donors (Lipinski definition) is 1. The van der Waals surface area contributed by atoms with Crippen LogP contribution in [0.5, 0.6) is 0 Å². The smallest absolute Gasteiger partial charge is 0.324 e. The first-order valence-corrected chi connectivity index (χ1v) is 7.98. The number of amides is 1. The minimum Gasteiger partial charge on any atom is -0.324 e. The minimum atomic E-state index is -0.579. The Balaban J connectivity index is 1.98. The predicted molar refractivity (Wildman–Crippen MR) is 88.8 cm³/mol. The molecule has 0 spiro atoms. The van der Waals surface area contributed by atoms with Crippen LogP contribution in [0.1, 0.15) is 6.92 Å². The minimum absolute atomic E-state index is 0.153. The fourth-order valence-electron chi connectivity index (χ4n) is 2.38. The molecule has 0 radical (unpaired) electrons. The highest BCUT2D eigenvalue weighted by Gasteiger charge is 2.16. The Kier molecular flexibility index (Phi) is 4.26. The molecule has 1 aromatic carbocycles.